The Labute approximate surface area is 292 Å². The molecule has 0 aliphatic carbocycles. The number of ether oxygens (including phenoxy) is 5. The van der Waals surface area contributed by atoms with Crippen LogP contribution >= 0.6 is 0 Å². The quantitative estimate of drug-likeness (QED) is 0.0980. The van der Waals surface area contributed by atoms with E-state index in [1.165, 1.54) is 0 Å². The second kappa shape index (κ2) is 20.7. The zero-order valence-electron chi connectivity index (χ0n) is 28.7. The van der Waals surface area contributed by atoms with Crippen molar-refractivity contribution in [1.29, 1.82) is 0 Å². The molecule has 0 aliphatic rings. The average molecular weight is 685 g/mol. The lowest BCUT2D eigenvalue weighted by molar-refractivity contribution is -0.157. The van der Waals surface area contributed by atoms with E-state index in [1.54, 1.807) is 24.3 Å². The summed E-state index contributed by atoms with van der Waals surface area (Å²) in [7, 11) is 0. The first-order valence-corrected chi connectivity index (χ1v) is 16.2. The topological polar surface area (TPSA) is 135 Å². The van der Waals surface area contributed by atoms with Gasteiger partial charge in [-0.3, -0.25) is 9.59 Å². The molecule has 4 aromatic rings. The van der Waals surface area contributed by atoms with Crippen molar-refractivity contribution >= 4 is 23.9 Å². The Hall–Kier alpha value is -5.64. The van der Waals surface area contributed by atoms with Crippen LogP contribution in [0.3, 0.4) is 0 Å². The fourth-order valence-corrected chi connectivity index (χ4v) is 4.28. The molecule has 4 aromatic carbocycles. The lowest BCUT2D eigenvalue weighted by atomic mass is 10.1. The smallest absolute Gasteiger partial charge is 0.344 e. The summed E-state index contributed by atoms with van der Waals surface area (Å²) in [6, 6.07) is 33.4. The van der Waals surface area contributed by atoms with E-state index in [1.807, 2.05) is 106 Å². The van der Waals surface area contributed by atoms with Crippen LogP contribution in [-0.4, -0.2) is 47.8 Å². The van der Waals surface area contributed by atoms with Crippen LogP contribution in [0.2, 0.25) is 0 Å². The van der Waals surface area contributed by atoms with Crippen LogP contribution in [0.1, 0.15) is 55.9 Å². The van der Waals surface area contributed by atoms with Crippen molar-refractivity contribution in [3.8, 4) is 11.5 Å². The van der Waals surface area contributed by atoms with Crippen molar-refractivity contribution in [2.45, 2.75) is 65.3 Å². The lowest BCUT2D eigenvalue weighted by Gasteiger charge is -2.19. The minimum atomic E-state index is -1.02. The van der Waals surface area contributed by atoms with Crippen molar-refractivity contribution in [2.75, 3.05) is 13.2 Å². The van der Waals surface area contributed by atoms with Gasteiger partial charge in [0.05, 0.1) is 0 Å². The van der Waals surface area contributed by atoms with Gasteiger partial charge in [-0.25, -0.2) is 9.59 Å². The third-order valence-electron chi connectivity index (χ3n) is 6.71. The molecule has 4 rings (SSSR count). The maximum atomic E-state index is 11.8. The Bertz CT molecular complexity index is 1610. The molecule has 50 heavy (non-hydrogen) atoms. The largest absolute Gasteiger partial charge is 0.482 e. The molecule has 10 nitrogen and oxygen atoms in total. The summed E-state index contributed by atoms with van der Waals surface area (Å²) in [6.07, 6.45) is 1.75. The molecule has 0 aliphatic heterocycles. The van der Waals surface area contributed by atoms with Gasteiger partial charge in [-0.1, -0.05) is 84.9 Å². The SMILES string of the molecule is CC(C)(C)OC(=O)COc1ccc(CCC(=O)OCc2ccccc2)cc1.O=C(O)COc1ccc(CCC(=O)OCc2ccccc2)cc1. The highest BCUT2D eigenvalue weighted by atomic mass is 16.6. The molecule has 0 heterocycles. The van der Waals surface area contributed by atoms with Crippen LogP contribution in [0.15, 0.2) is 109 Å². The summed E-state index contributed by atoms with van der Waals surface area (Å²) in [6.45, 7) is 5.49. The average Bonchev–Trinajstić information content (AvgIpc) is 3.11. The van der Waals surface area contributed by atoms with Gasteiger partial charge in [0.2, 0.25) is 0 Å². The fourth-order valence-electron chi connectivity index (χ4n) is 4.28. The number of hydrogen-bond donors (Lipinski definition) is 1. The zero-order chi connectivity index (χ0) is 36.2. The number of rotatable bonds is 16. The van der Waals surface area contributed by atoms with E-state index in [4.69, 9.17) is 28.8 Å². The van der Waals surface area contributed by atoms with Gasteiger partial charge in [0.15, 0.2) is 13.2 Å². The Balaban J connectivity index is 0.000000274. The van der Waals surface area contributed by atoms with Crippen LogP contribution < -0.4 is 9.47 Å². The van der Waals surface area contributed by atoms with E-state index < -0.39 is 17.5 Å². The molecular weight excluding hydrogens is 640 g/mol. The van der Waals surface area contributed by atoms with E-state index in [-0.39, 0.29) is 38.4 Å². The summed E-state index contributed by atoms with van der Waals surface area (Å²) >= 11 is 0. The first-order chi connectivity index (χ1) is 23.9. The Morgan fingerprint density at radius 1 is 0.520 bits per heavy atom. The second-order valence-electron chi connectivity index (χ2n) is 12.1. The van der Waals surface area contributed by atoms with Gasteiger partial charge < -0.3 is 28.8 Å². The highest BCUT2D eigenvalue weighted by Gasteiger charge is 2.16. The van der Waals surface area contributed by atoms with E-state index in [9.17, 15) is 19.2 Å². The molecule has 10 heteroatoms. The molecule has 0 saturated carbocycles. The normalized spacial score (nSPS) is 10.5. The van der Waals surface area contributed by atoms with Gasteiger partial charge in [0.25, 0.3) is 0 Å². The molecule has 1 N–H and O–H groups in total. The van der Waals surface area contributed by atoms with Crippen LogP contribution in [-0.2, 0) is 59.4 Å². The van der Waals surface area contributed by atoms with Gasteiger partial charge >= 0.3 is 23.9 Å². The number of esters is 3. The van der Waals surface area contributed by atoms with E-state index in [0.717, 1.165) is 22.3 Å². The summed E-state index contributed by atoms with van der Waals surface area (Å²) < 4.78 is 26.1. The third kappa shape index (κ3) is 17.0. The summed E-state index contributed by atoms with van der Waals surface area (Å²) in [5.74, 6) is -0.841. The second-order valence-corrected chi connectivity index (χ2v) is 12.1. The van der Waals surface area contributed by atoms with Gasteiger partial charge in [-0.05, 0) is 80.1 Å². The van der Waals surface area contributed by atoms with Crippen LogP contribution in [0, 0.1) is 0 Å². The molecule has 0 amide bonds. The van der Waals surface area contributed by atoms with E-state index in [0.29, 0.717) is 37.2 Å². The number of carboxylic acid groups (broad SMARTS) is 1. The molecule has 0 saturated heterocycles. The zero-order valence-corrected chi connectivity index (χ0v) is 28.7. The summed E-state index contributed by atoms with van der Waals surface area (Å²) in [5, 5.41) is 8.53. The van der Waals surface area contributed by atoms with Crippen molar-refractivity contribution < 1.29 is 48.0 Å². The molecule has 0 spiro atoms. The van der Waals surface area contributed by atoms with Crippen LogP contribution in [0.5, 0.6) is 11.5 Å². The fraction of sp³-hybridized carbons (Fsp3) is 0.300. The van der Waals surface area contributed by atoms with Crippen molar-refractivity contribution in [3.63, 3.8) is 0 Å². The number of hydrogen-bond acceptors (Lipinski definition) is 9. The van der Waals surface area contributed by atoms with Gasteiger partial charge in [-0.15, -0.1) is 0 Å². The highest BCUT2D eigenvalue weighted by Crippen LogP contribution is 2.16. The molecular formula is C40H44O10. The van der Waals surface area contributed by atoms with E-state index >= 15 is 0 Å². The standard InChI is InChI=1S/C22H26O5.C18H18O5/c1-22(2,3)27-21(24)16-25-19-12-9-17(10-13-19)11-14-20(23)26-15-18-7-5-4-6-8-18;19-17(20)13-22-16-9-6-14(7-10-16)8-11-18(21)23-12-15-4-2-1-3-5-15/h4-10,12-13H,11,14-16H2,1-3H3;1-7,9-10H,8,11-13H2,(H,19,20). The van der Waals surface area contributed by atoms with E-state index in [2.05, 4.69) is 0 Å². The van der Waals surface area contributed by atoms with Crippen molar-refractivity contribution in [3.05, 3.63) is 131 Å². The van der Waals surface area contributed by atoms with Crippen molar-refractivity contribution in [2.24, 2.45) is 0 Å². The Morgan fingerprint density at radius 3 is 1.30 bits per heavy atom. The lowest BCUT2D eigenvalue weighted by Crippen LogP contribution is -2.27. The van der Waals surface area contributed by atoms with Gasteiger partial charge in [0.1, 0.15) is 30.3 Å². The molecule has 0 atom stereocenters. The first kappa shape index (κ1) is 38.8. The summed E-state index contributed by atoms with van der Waals surface area (Å²) in [5.41, 5.74) is 3.36. The Morgan fingerprint density at radius 2 is 0.920 bits per heavy atom. The predicted molar refractivity (Wildman–Crippen MR) is 186 cm³/mol. The van der Waals surface area contributed by atoms with Crippen LogP contribution in [0.25, 0.3) is 0 Å². The maximum Gasteiger partial charge on any atom is 0.344 e. The molecule has 0 radical (unpaired) electrons. The maximum absolute atomic E-state index is 11.8. The molecule has 264 valence electrons. The number of carboxylic acids is 1. The van der Waals surface area contributed by atoms with Crippen LogP contribution in [0.4, 0.5) is 0 Å². The monoisotopic (exact) mass is 684 g/mol. The number of carbonyl (C=O) groups excluding carboxylic acids is 3. The molecule has 0 bridgehead atoms. The number of aliphatic carboxylic acids is 1. The molecule has 0 unspecified atom stereocenters. The predicted octanol–water partition coefficient (Wildman–Crippen LogP) is 6.91. The van der Waals surface area contributed by atoms with Gasteiger partial charge in [0, 0.05) is 12.8 Å². The first-order valence-electron chi connectivity index (χ1n) is 16.2. The number of benzene rings is 4. The third-order valence-corrected chi connectivity index (χ3v) is 6.71. The minimum absolute atomic E-state index is 0.136. The molecule has 0 fully saturated rings. The molecule has 0 aromatic heterocycles. The van der Waals surface area contributed by atoms with Crippen molar-refractivity contribution in [1.82, 2.24) is 0 Å². The summed E-state index contributed by atoms with van der Waals surface area (Å²) in [4.78, 5) is 45.6. The highest BCUT2D eigenvalue weighted by molar-refractivity contribution is 5.72. The Kier molecular flexibility index (Phi) is 16.0. The number of carbonyl (C=O) groups is 4. The number of aryl methyl sites for hydroxylation is 2. The van der Waals surface area contributed by atoms with Gasteiger partial charge in [-0.2, -0.15) is 0 Å². The minimum Gasteiger partial charge on any atom is -0.482 e.